The molecule has 0 fully saturated rings. The summed E-state index contributed by atoms with van der Waals surface area (Å²) in [7, 11) is 1.64. The molecule has 1 unspecified atom stereocenters. The summed E-state index contributed by atoms with van der Waals surface area (Å²) in [5.74, 6) is -0.0383. The largest absolute Gasteiger partial charge is 0.384 e. The standard InChI is InChI=1S/C13H18N2O2.ClH/c1-9(17-2)8-15-13(16)11-3-4-12-10(7-11)5-6-14-12;/h3-4,7,9,14H,5-6,8H2,1-2H3,(H,15,16);1H. The second-order valence-electron chi connectivity index (χ2n) is 4.31. The molecule has 0 spiro atoms. The van der Waals surface area contributed by atoms with Crippen LogP contribution in [-0.4, -0.2) is 32.2 Å². The Hall–Kier alpha value is -1.26. The van der Waals surface area contributed by atoms with E-state index in [1.807, 2.05) is 25.1 Å². The van der Waals surface area contributed by atoms with E-state index in [4.69, 9.17) is 4.74 Å². The molecule has 5 heteroatoms. The van der Waals surface area contributed by atoms with Crippen LogP contribution in [0.2, 0.25) is 0 Å². The summed E-state index contributed by atoms with van der Waals surface area (Å²) >= 11 is 0. The first kappa shape index (κ1) is 14.8. The van der Waals surface area contributed by atoms with Gasteiger partial charge in [0, 0.05) is 31.5 Å². The number of hydrogen-bond acceptors (Lipinski definition) is 3. The van der Waals surface area contributed by atoms with Gasteiger partial charge in [-0.15, -0.1) is 12.4 Å². The number of amides is 1. The number of anilines is 1. The van der Waals surface area contributed by atoms with Gasteiger partial charge in [-0.05, 0) is 37.1 Å². The molecule has 0 bridgehead atoms. The van der Waals surface area contributed by atoms with Gasteiger partial charge in [0.15, 0.2) is 0 Å². The molecular weight excluding hydrogens is 252 g/mol. The quantitative estimate of drug-likeness (QED) is 0.878. The number of methoxy groups -OCH3 is 1. The van der Waals surface area contributed by atoms with Crippen molar-refractivity contribution in [2.75, 3.05) is 25.5 Å². The van der Waals surface area contributed by atoms with Crippen molar-refractivity contribution in [2.45, 2.75) is 19.4 Å². The van der Waals surface area contributed by atoms with E-state index in [1.165, 1.54) is 5.56 Å². The van der Waals surface area contributed by atoms with Crippen molar-refractivity contribution in [3.05, 3.63) is 29.3 Å². The van der Waals surface area contributed by atoms with Gasteiger partial charge in [-0.1, -0.05) is 0 Å². The van der Waals surface area contributed by atoms with Crippen LogP contribution in [0.25, 0.3) is 0 Å². The average molecular weight is 271 g/mol. The lowest BCUT2D eigenvalue weighted by Crippen LogP contribution is -2.31. The van der Waals surface area contributed by atoms with Crippen molar-refractivity contribution in [2.24, 2.45) is 0 Å². The molecule has 1 aromatic rings. The van der Waals surface area contributed by atoms with E-state index >= 15 is 0 Å². The van der Waals surface area contributed by atoms with E-state index in [0.717, 1.165) is 24.2 Å². The van der Waals surface area contributed by atoms with Crippen LogP contribution < -0.4 is 10.6 Å². The van der Waals surface area contributed by atoms with Gasteiger partial charge < -0.3 is 15.4 Å². The topological polar surface area (TPSA) is 50.4 Å². The third kappa shape index (κ3) is 3.37. The zero-order valence-electron chi connectivity index (χ0n) is 10.7. The number of fused-ring (bicyclic) bond motifs is 1. The zero-order valence-corrected chi connectivity index (χ0v) is 11.5. The predicted octanol–water partition coefficient (Wildman–Crippen LogP) is 1.84. The molecule has 1 amide bonds. The highest BCUT2D eigenvalue weighted by molar-refractivity contribution is 5.95. The van der Waals surface area contributed by atoms with E-state index in [2.05, 4.69) is 10.6 Å². The monoisotopic (exact) mass is 270 g/mol. The molecule has 2 rings (SSSR count). The fourth-order valence-electron chi connectivity index (χ4n) is 1.87. The Kier molecular flexibility index (Phi) is 5.44. The molecule has 0 radical (unpaired) electrons. The number of hydrogen-bond donors (Lipinski definition) is 2. The van der Waals surface area contributed by atoms with Crippen molar-refractivity contribution in [3.63, 3.8) is 0 Å². The van der Waals surface area contributed by atoms with Gasteiger partial charge in [0.05, 0.1) is 6.10 Å². The number of ether oxygens (including phenoxy) is 1. The molecule has 1 heterocycles. The molecule has 1 aliphatic rings. The zero-order chi connectivity index (χ0) is 12.3. The maximum atomic E-state index is 11.9. The normalized spacial score (nSPS) is 14.1. The summed E-state index contributed by atoms with van der Waals surface area (Å²) in [6, 6.07) is 5.78. The van der Waals surface area contributed by atoms with Crippen molar-refractivity contribution in [1.29, 1.82) is 0 Å². The Labute approximate surface area is 114 Å². The first-order valence-electron chi connectivity index (χ1n) is 5.88. The maximum Gasteiger partial charge on any atom is 0.251 e. The fourth-order valence-corrected chi connectivity index (χ4v) is 1.87. The highest BCUT2D eigenvalue weighted by Crippen LogP contribution is 2.22. The van der Waals surface area contributed by atoms with Gasteiger partial charge in [-0.3, -0.25) is 4.79 Å². The van der Waals surface area contributed by atoms with Gasteiger partial charge in [0.1, 0.15) is 0 Å². The molecule has 1 atom stereocenters. The van der Waals surface area contributed by atoms with Crippen molar-refractivity contribution in [1.82, 2.24) is 5.32 Å². The number of halogens is 1. The van der Waals surface area contributed by atoms with Crippen LogP contribution in [0.15, 0.2) is 18.2 Å². The number of carbonyl (C=O) groups excluding carboxylic acids is 1. The first-order chi connectivity index (χ1) is 8.20. The molecule has 1 aromatic carbocycles. The van der Waals surface area contributed by atoms with Gasteiger partial charge in [0.2, 0.25) is 0 Å². The van der Waals surface area contributed by atoms with E-state index in [9.17, 15) is 4.79 Å². The molecule has 4 nitrogen and oxygen atoms in total. The van der Waals surface area contributed by atoms with Gasteiger partial charge in [-0.25, -0.2) is 0 Å². The summed E-state index contributed by atoms with van der Waals surface area (Å²) in [4.78, 5) is 11.9. The Morgan fingerprint density at radius 1 is 1.56 bits per heavy atom. The summed E-state index contributed by atoms with van der Waals surface area (Å²) in [6.45, 7) is 3.42. The van der Waals surface area contributed by atoms with Crippen LogP contribution in [0.4, 0.5) is 5.69 Å². The lowest BCUT2D eigenvalue weighted by Gasteiger charge is -2.11. The van der Waals surface area contributed by atoms with Crippen LogP contribution in [0, 0.1) is 0 Å². The third-order valence-corrected chi connectivity index (χ3v) is 3.03. The number of nitrogens with one attached hydrogen (secondary N) is 2. The molecule has 18 heavy (non-hydrogen) atoms. The van der Waals surface area contributed by atoms with Crippen molar-refractivity contribution in [3.8, 4) is 0 Å². The van der Waals surface area contributed by atoms with Gasteiger partial charge >= 0.3 is 0 Å². The second kappa shape index (κ2) is 6.61. The van der Waals surface area contributed by atoms with E-state index in [0.29, 0.717) is 6.54 Å². The molecule has 0 saturated carbocycles. The minimum atomic E-state index is -0.0383. The third-order valence-electron chi connectivity index (χ3n) is 3.03. The van der Waals surface area contributed by atoms with Gasteiger partial charge in [0.25, 0.3) is 5.91 Å². The van der Waals surface area contributed by atoms with E-state index in [1.54, 1.807) is 7.11 Å². The average Bonchev–Trinajstić information content (AvgIpc) is 2.82. The van der Waals surface area contributed by atoms with E-state index in [-0.39, 0.29) is 24.4 Å². The smallest absolute Gasteiger partial charge is 0.251 e. The highest BCUT2D eigenvalue weighted by atomic mass is 35.5. The lowest BCUT2D eigenvalue weighted by molar-refractivity contribution is 0.0870. The predicted molar refractivity (Wildman–Crippen MR) is 74.7 cm³/mol. The first-order valence-corrected chi connectivity index (χ1v) is 5.88. The Morgan fingerprint density at radius 2 is 2.33 bits per heavy atom. The minimum Gasteiger partial charge on any atom is -0.384 e. The maximum absolute atomic E-state index is 11.9. The van der Waals surface area contributed by atoms with Crippen molar-refractivity contribution >= 4 is 24.0 Å². The number of carbonyl (C=O) groups is 1. The Morgan fingerprint density at radius 3 is 3.06 bits per heavy atom. The highest BCUT2D eigenvalue weighted by Gasteiger charge is 2.13. The van der Waals surface area contributed by atoms with Crippen LogP contribution in [-0.2, 0) is 11.2 Å². The number of benzene rings is 1. The molecule has 0 aliphatic carbocycles. The fraction of sp³-hybridized carbons (Fsp3) is 0.462. The van der Waals surface area contributed by atoms with Crippen LogP contribution in [0.3, 0.4) is 0 Å². The van der Waals surface area contributed by atoms with Crippen molar-refractivity contribution < 1.29 is 9.53 Å². The summed E-state index contributed by atoms with van der Waals surface area (Å²) in [6.07, 6.45) is 1.03. The van der Waals surface area contributed by atoms with Gasteiger partial charge in [-0.2, -0.15) is 0 Å². The lowest BCUT2D eigenvalue weighted by atomic mass is 10.1. The van der Waals surface area contributed by atoms with Crippen LogP contribution in [0.1, 0.15) is 22.8 Å². The summed E-state index contributed by atoms with van der Waals surface area (Å²) in [5.41, 5.74) is 3.08. The molecule has 0 aromatic heterocycles. The minimum absolute atomic E-state index is 0. The molecule has 1 aliphatic heterocycles. The van der Waals surface area contributed by atoms with Crippen LogP contribution in [0.5, 0.6) is 0 Å². The molecular formula is C13H19ClN2O2. The van der Waals surface area contributed by atoms with Crippen LogP contribution >= 0.6 is 12.4 Å². The Balaban J connectivity index is 0.00000162. The summed E-state index contributed by atoms with van der Waals surface area (Å²) in [5, 5.41) is 6.13. The Bertz CT molecular complexity index is 423. The second-order valence-corrected chi connectivity index (χ2v) is 4.31. The van der Waals surface area contributed by atoms with E-state index < -0.39 is 0 Å². The summed E-state index contributed by atoms with van der Waals surface area (Å²) < 4.78 is 5.09. The SMILES string of the molecule is COC(C)CNC(=O)c1ccc2c(c1)CCN2.Cl. The molecule has 2 N–H and O–H groups in total. The molecule has 0 saturated heterocycles. The number of rotatable bonds is 4. The molecule has 100 valence electrons.